The zero-order valence-electron chi connectivity index (χ0n) is 9.90. The Kier molecular flexibility index (Phi) is 3.72. The average molecular weight is 269 g/mol. The average Bonchev–Trinajstić information content (AvgIpc) is 2.64. The fourth-order valence-electron chi connectivity index (χ4n) is 1.64. The summed E-state index contributed by atoms with van der Waals surface area (Å²) in [6, 6.07) is 4.22. The van der Waals surface area contributed by atoms with Gasteiger partial charge in [-0.05, 0) is 18.6 Å². The van der Waals surface area contributed by atoms with Crippen molar-refractivity contribution in [2.75, 3.05) is 6.54 Å². The first-order valence-corrected chi connectivity index (χ1v) is 6.10. The Hall–Kier alpha value is -1.75. The molecule has 0 bridgehead atoms. The van der Waals surface area contributed by atoms with Gasteiger partial charge >= 0.3 is 11.8 Å². The van der Waals surface area contributed by atoms with Gasteiger partial charge in [-0.1, -0.05) is 24.9 Å². The second kappa shape index (κ2) is 5.27. The van der Waals surface area contributed by atoms with E-state index < -0.39 is 11.8 Å². The van der Waals surface area contributed by atoms with Gasteiger partial charge in [-0.3, -0.25) is 0 Å². The van der Waals surface area contributed by atoms with Crippen LogP contribution in [0.1, 0.15) is 19.8 Å². The van der Waals surface area contributed by atoms with Crippen molar-refractivity contribution in [3.63, 3.8) is 0 Å². The van der Waals surface area contributed by atoms with E-state index in [-0.39, 0.29) is 0 Å². The highest BCUT2D eigenvalue weighted by molar-refractivity contribution is 6.31. The highest BCUT2D eigenvalue weighted by Crippen LogP contribution is 2.18. The van der Waals surface area contributed by atoms with E-state index in [4.69, 9.17) is 16.0 Å². The number of benzene rings is 1. The summed E-state index contributed by atoms with van der Waals surface area (Å²) in [6.07, 6.45) is 1.83. The van der Waals surface area contributed by atoms with Crippen LogP contribution < -0.4 is 11.1 Å². The molecule has 96 valence electrons. The lowest BCUT2D eigenvalue weighted by Gasteiger charge is -2.03. The van der Waals surface area contributed by atoms with E-state index in [0.29, 0.717) is 22.7 Å². The van der Waals surface area contributed by atoms with Gasteiger partial charge in [0.05, 0.1) is 5.52 Å². The molecule has 5 nitrogen and oxygen atoms in total. The van der Waals surface area contributed by atoms with Crippen LogP contribution in [0.15, 0.2) is 27.4 Å². The molecule has 0 saturated heterocycles. The van der Waals surface area contributed by atoms with Crippen molar-refractivity contribution in [3.8, 4) is 0 Å². The van der Waals surface area contributed by atoms with Crippen molar-refractivity contribution in [2.45, 2.75) is 19.8 Å². The monoisotopic (exact) mass is 268 g/mol. The van der Waals surface area contributed by atoms with Crippen LogP contribution in [0, 0.1) is 0 Å². The van der Waals surface area contributed by atoms with E-state index in [0.717, 1.165) is 17.4 Å². The first kappa shape index (κ1) is 12.7. The first-order valence-electron chi connectivity index (χ1n) is 5.72. The summed E-state index contributed by atoms with van der Waals surface area (Å²) < 4.78 is 5.94. The number of unbranched alkanes of at least 4 members (excludes halogenated alkanes) is 1. The number of aromatic nitrogens is 1. The summed E-state index contributed by atoms with van der Waals surface area (Å²) in [4.78, 5) is 23.5. The van der Waals surface area contributed by atoms with Crippen LogP contribution in [0.25, 0.3) is 11.1 Å². The number of nitrogens with one attached hydrogen (secondary N) is 1. The van der Waals surface area contributed by atoms with Crippen molar-refractivity contribution in [3.05, 3.63) is 33.8 Å². The Balaban J connectivity index is 2.35. The zero-order chi connectivity index (χ0) is 13.1. The number of carbonyl (C=O) groups excluding carboxylic acids is 1. The van der Waals surface area contributed by atoms with Gasteiger partial charge < -0.3 is 9.73 Å². The number of fused-ring (bicyclic) bond motifs is 1. The third-order valence-corrected chi connectivity index (χ3v) is 2.79. The number of hydrogen-bond acceptors (Lipinski definition) is 3. The van der Waals surface area contributed by atoms with Gasteiger partial charge in [0.15, 0.2) is 5.58 Å². The number of rotatable bonds is 3. The van der Waals surface area contributed by atoms with Crippen LogP contribution in [0.4, 0.5) is 4.79 Å². The van der Waals surface area contributed by atoms with Crippen LogP contribution in [-0.2, 0) is 0 Å². The molecule has 0 spiro atoms. The fraction of sp³-hybridized carbons (Fsp3) is 0.333. The highest BCUT2D eigenvalue weighted by atomic mass is 35.5. The normalized spacial score (nSPS) is 10.8. The fourth-order valence-corrected chi connectivity index (χ4v) is 1.80. The Morgan fingerprint density at radius 3 is 3.00 bits per heavy atom. The predicted octanol–water partition coefficient (Wildman–Crippen LogP) is 2.61. The van der Waals surface area contributed by atoms with Gasteiger partial charge in [-0.2, -0.15) is 4.57 Å². The molecule has 2 aromatic rings. The quantitative estimate of drug-likeness (QED) is 0.870. The van der Waals surface area contributed by atoms with Crippen LogP contribution in [0.3, 0.4) is 0 Å². The van der Waals surface area contributed by atoms with E-state index in [9.17, 15) is 9.59 Å². The zero-order valence-corrected chi connectivity index (χ0v) is 10.7. The first-order chi connectivity index (χ1) is 8.63. The molecule has 18 heavy (non-hydrogen) atoms. The smallest absolute Gasteiger partial charge is 0.407 e. The second-order valence-electron chi connectivity index (χ2n) is 3.90. The van der Waals surface area contributed by atoms with E-state index in [2.05, 4.69) is 5.32 Å². The van der Waals surface area contributed by atoms with Gasteiger partial charge in [0, 0.05) is 17.6 Å². The van der Waals surface area contributed by atoms with Gasteiger partial charge in [0.1, 0.15) is 0 Å². The molecule has 1 N–H and O–H groups in total. The summed E-state index contributed by atoms with van der Waals surface area (Å²) in [5, 5.41) is 3.12. The SMILES string of the molecule is CCCCNC(=O)n1c(=O)oc2cc(Cl)ccc21. The molecule has 1 aromatic carbocycles. The van der Waals surface area contributed by atoms with Crippen LogP contribution in [0.5, 0.6) is 0 Å². The number of halogens is 1. The Morgan fingerprint density at radius 2 is 2.28 bits per heavy atom. The summed E-state index contributed by atoms with van der Waals surface area (Å²) in [5.74, 6) is -0.707. The molecular weight excluding hydrogens is 256 g/mol. The number of hydrogen-bond donors (Lipinski definition) is 1. The summed E-state index contributed by atoms with van der Waals surface area (Å²) in [5.41, 5.74) is 0.719. The maximum absolute atomic E-state index is 11.9. The Labute approximate surface area is 108 Å². The maximum Gasteiger partial charge on any atom is 0.428 e. The van der Waals surface area contributed by atoms with Gasteiger partial charge in [-0.15, -0.1) is 0 Å². The molecule has 0 aliphatic rings. The molecule has 0 aliphatic carbocycles. The van der Waals surface area contributed by atoms with E-state index >= 15 is 0 Å². The summed E-state index contributed by atoms with van der Waals surface area (Å²) >= 11 is 5.79. The highest BCUT2D eigenvalue weighted by Gasteiger charge is 2.15. The minimum atomic E-state index is -0.707. The van der Waals surface area contributed by atoms with Crippen LogP contribution >= 0.6 is 11.6 Å². The molecular formula is C12H13ClN2O3. The minimum absolute atomic E-state index is 0.304. The Morgan fingerprint density at radius 1 is 1.50 bits per heavy atom. The Bertz CT molecular complexity index is 630. The third kappa shape index (κ3) is 2.41. The lowest BCUT2D eigenvalue weighted by Crippen LogP contribution is -2.34. The van der Waals surface area contributed by atoms with Gasteiger partial charge in [0.25, 0.3) is 0 Å². The largest absolute Gasteiger partial charge is 0.428 e. The number of oxazole rings is 1. The van der Waals surface area contributed by atoms with Crippen molar-refractivity contribution in [1.82, 2.24) is 9.88 Å². The molecule has 0 saturated carbocycles. The molecule has 2 rings (SSSR count). The molecule has 0 aliphatic heterocycles. The van der Waals surface area contributed by atoms with E-state index in [1.807, 2.05) is 6.92 Å². The lowest BCUT2D eigenvalue weighted by molar-refractivity contribution is 0.241. The molecule has 1 aromatic heterocycles. The third-order valence-electron chi connectivity index (χ3n) is 2.55. The summed E-state index contributed by atoms with van der Waals surface area (Å²) in [6.45, 7) is 2.55. The number of amides is 1. The number of carbonyl (C=O) groups is 1. The lowest BCUT2D eigenvalue weighted by atomic mass is 10.3. The van der Waals surface area contributed by atoms with Crippen molar-refractivity contribution in [1.29, 1.82) is 0 Å². The maximum atomic E-state index is 11.9. The van der Waals surface area contributed by atoms with Crippen LogP contribution in [-0.4, -0.2) is 17.1 Å². The predicted molar refractivity (Wildman–Crippen MR) is 69.2 cm³/mol. The second-order valence-corrected chi connectivity index (χ2v) is 4.34. The minimum Gasteiger partial charge on any atom is -0.407 e. The molecule has 0 radical (unpaired) electrons. The summed E-state index contributed by atoms with van der Waals surface area (Å²) in [7, 11) is 0. The van der Waals surface area contributed by atoms with Crippen LogP contribution in [0.2, 0.25) is 5.02 Å². The van der Waals surface area contributed by atoms with E-state index in [1.54, 1.807) is 12.1 Å². The molecule has 1 heterocycles. The molecule has 0 unspecified atom stereocenters. The van der Waals surface area contributed by atoms with E-state index in [1.165, 1.54) is 6.07 Å². The van der Waals surface area contributed by atoms with Gasteiger partial charge in [-0.25, -0.2) is 9.59 Å². The molecule has 1 amide bonds. The molecule has 6 heteroatoms. The van der Waals surface area contributed by atoms with Crippen molar-refractivity contribution >= 4 is 28.7 Å². The van der Waals surface area contributed by atoms with Gasteiger partial charge in [0.2, 0.25) is 0 Å². The topological polar surface area (TPSA) is 64.2 Å². The molecule has 0 atom stereocenters. The molecule has 0 fully saturated rings. The van der Waals surface area contributed by atoms with Crippen molar-refractivity contribution < 1.29 is 9.21 Å². The van der Waals surface area contributed by atoms with Crippen molar-refractivity contribution in [2.24, 2.45) is 0 Å². The standard InChI is InChI=1S/C12H13ClN2O3/c1-2-3-6-14-11(16)15-9-5-4-8(13)7-10(9)18-12(15)17/h4-5,7H,2-3,6H2,1H3,(H,14,16). The number of nitrogens with zero attached hydrogens (tertiary/aromatic N) is 1.